The first-order chi connectivity index (χ1) is 6.89. The second-order valence-corrected chi connectivity index (χ2v) is 5.97. The van der Waals surface area contributed by atoms with Gasteiger partial charge in [0.25, 0.3) is 0 Å². The molecule has 0 heterocycles. The van der Waals surface area contributed by atoms with Crippen LogP contribution in [0.3, 0.4) is 0 Å². The van der Waals surface area contributed by atoms with Gasteiger partial charge in [0.05, 0.1) is 5.75 Å². The molecule has 0 atom stereocenters. The summed E-state index contributed by atoms with van der Waals surface area (Å²) in [6, 6.07) is 0. The predicted octanol–water partition coefficient (Wildman–Crippen LogP) is 2.13. The molecule has 0 aromatic rings. The number of hydrogen-bond acceptors (Lipinski definition) is 3. The number of allylic oxidation sites excluding steroid dienone is 2. The molecule has 0 spiro atoms. The predicted molar refractivity (Wildman–Crippen MR) is 62.6 cm³/mol. The first-order valence-electron chi connectivity index (χ1n) is 5.29. The summed E-state index contributed by atoms with van der Waals surface area (Å²) in [5.74, 6) is 0.137. The van der Waals surface area contributed by atoms with Gasteiger partial charge in [-0.3, -0.25) is 4.79 Å². The molecule has 0 N–H and O–H groups in total. The molecule has 3 nitrogen and oxygen atoms in total. The maximum Gasteiger partial charge on any atom is 0.155 e. The van der Waals surface area contributed by atoms with Crippen LogP contribution >= 0.6 is 0 Å². The molecule has 4 heteroatoms. The molecular formula is C11H20O3S. The topological polar surface area (TPSA) is 51.2 Å². The van der Waals surface area contributed by atoms with Crippen LogP contribution in [0.5, 0.6) is 0 Å². The second-order valence-electron chi connectivity index (χ2n) is 3.71. The Labute approximate surface area is 92.5 Å². The van der Waals surface area contributed by atoms with Crippen molar-refractivity contribution >= 4 is 15.6 Å². The number of carbonyl (C=O) groups excluding carboxylic acids is 1. The molecule has 15 heavy (non-hydrogen) atoms. The van der Waals surface area contributed by atoms with Gasteiger partial charge >= 0.3 is 0 Å². The smallest absolute Gasteiger partial charge is 0.155 e. The third-order valence-electron chi connectivity index (χ3n) is 2.21. The highest BCUT2D eigenvalue weighted by atomic mass is 32.2. The van der Waals surface area contributed by atoms with Crippen molar-refractivity contribution in [3.8, 4) is 0 Å². The van der Waals surface area contributed by atoms with Gasteiger partial charge in [-0.05, 0) is 25.3 Å². The van der Waals surface area contributed by atoms with Crippen LogP contribution in [0.15, 0.2) is 11.6 Å². The minimum Gasteiger partial charge on any atom is -0.295 e. The van der Waals surface area contributed by atoms with Crippen molar-refractivity contribution in [3.63, 3.8) is 0 Å². The molecule has 0 aliphatic rings. The van der Waals surface area contributed by atoms with E-state index in [-0.39, 0.29) is 11.5 Å². The lowest BCUT2D eigenvalue weighted by molar-refractivity contribution is -0.114. The summed E-state index contributed by atoms with van der Waals surface area (Å²) in [5, 5.41) is 0. The number of sulfone groups is 1. The zero-order chi connectivity index (χ0) is 11.9. The molecule has 0 bridgehead atoms. The van der Waals surface area contributed by atoms with Gasteiger partial charge < -0.3 is 0 Å². The fourth-order valence-corrected chi connectivity index (χ4v) is 1.93. The van der Waals surface area contributed by atoms with E-state index in [9.17, 15) is 13.2 Å². The van der Waals surface area contributed by atoms with Crippen LogP contribution in [0.25, 0.3) is 0 Å². The summed E-state index contributed by atoms with van der Waals surface area (Å²) >= 11 is 0. The molecule has 0 aromatic heterocycles. The number of hydrogen-bond donors (Lipinski definition) is 0. The molecule has 88 valence electrons. The van der Waals surface area contributed by atoms with Crippen molar-refractivity contribution in [3.05, 3.63) is 11.6 Å². The van der Waals surface area contributed by atoms with Crippen molar-refractivity contribution in [2.45, 2.75) is 39.5 Å². The number of rotatable bonds is 7. The van der Waals surface area contributed by atoms with E-state index in [1.54, 1.807) is 6.08 Å². The summed E-state index contributed by atoms with van der Waals surface area (Å²) in [4.78, 5) is 11.4. The Morgan fingerprint density at radius 3 is 2.13 bits per heavy atom. The summed E-state index contributed by atoms with van der Waals surface area (Å²) in [6.07, 6.45) is 5.37. The monoisotopic (exact) mass is 232 g/mol. The van der Waals surface area contributed by atoms with Crippen molar-refractivity contribution in [2.75, 3.05) is 12.0 Å². The van der Waals surface area contributed by atoms with Crippen molar-refractivity contribution < 1.29 is 13.2 Å². The Kier molecular flexibility index (Phi) is 6.48. The maximum atomic E-state index is 11.4. The van der Waals surface area contributed by atoms with Gasteiger partial charge in [-0.15, -0.1) is 0 Å². The minimum absolute atomic E-state index is 0.0392. The lowest BCUT2D eigenvalue weighted by Gasteiger charge is -2.00. The Morgan fingerprint density at radius 2 is 1.73 bits per heavy atom. The first kappa shape index (κ1) is 14.4. The van der Waals surface area contributed by atoms with Crippen LogP contribution in [-0.4, -0.2) is 26.2 Å². The Hall–Kier alpha value is -0.640. The van der Waals surface area contributed by atoms with Crippen molar-refractivity contribution in [1.29, 1.82) is 0 Å². The van der Waals surface area contributed by atoms with E-state index >= 15 is 0 Å². The Balaban J connectivity index is 4.00. The van der Waals surface area contributed by atoms with Crippen LogP contribution in [0.2, 0.25) is 0 Å². The average molecular weight is 232 g/mol. The van der Waals surface area contributed by atoms with E-state index < -0.39 is 9.84 Å². The summed E-state index contributed by atoms with van der Waals surface area (Å²) in [6.45, 7) is 4.03. The molecule has 0 aliphatic carbocycles. The maximum absolute atomic E-state index is 11.4. The van der Waals surface area contributed by atoms with Gasteiger partial charge in [0.2, 0.25) is 0 Å². The number of carbonyl (C=O) groups is 1. The van der Waals surface area contributed by atoms with Crippen LogP contribution in [0.4, 0.5) is 0 Å². The molecule has 0 rings (SSSR count). The fourth-order valence-electron chi connectivity index (χ4n) is 1.26. The van der Waals surface area contributed by atoms with Crippen LogP contribution in [0, 0.1) is 0 Å². The number of ketones is 1. The Morgan fingerprint density at radius 1 is 1.20 bits per heavy atom. The third-order valence-corrected chi connectivity index (χ3v) is 3.24. The fraction of sp³-hybridized carbons (Fsp3) is 0.727. The van der Waals surface area contributed by atoms with E-state index in [1.165, 1.54) is 6.26 Å². The summed E-state index contributed by atoms with van der Waals surface area (Å²) in [5.41, 5.74) is 1.12. The highest BCUT2D eigenvalue weighted by molar-refractivity contribution is 7.90. The molecule has 0 radical (unpaired) electrons. The average Bonchev–Trinajstić information content (AvgIpc) is 2.12. The Bertz CT molecular complexity index is 320. The highest BCUT2D eigenvalue weighted by Crippen LogP contribution is 2.07. The van der Waals surface area contributed by atoms with Crippen LogP contribution in [0.1, 0.15) is 39.5 Å². The molecule has 0 amide bonds. The second kappa shape index (κ2) is 6.77. The molecule has 0 aliphatic heterocycles. The van der Waals surface area contributed by atoms with Gasteiger partial charge in [0, 0.05) is 12.7 Å². The molecule has 0 saturated carbocycles. The van der Waals surface area contributed by atoms with E-state index in [0.717, 1.165) is 18.4 Å². The van der Waals surface area contributed by atoms with Gasteiger partial charge in [-0.2, -0.15) is 0 Å². The van der Waals surface area contributed by atoms with E-state index in [0.29, 0.717) is 12.8 Å². The van der Waals surface area contributed by atoms with Gasteiger partial charge in [-0.25, -0.2) is 8.42 Å². The van der Waals surface area contributed by atoms with Crippen molar-refractivity contribution in [1.82, 2.24) is 0 Å². The van der Waals surface area contributed by atoms with Crippen LogP contribution < -0.4 is 0 Å². The zero-order valence-electron chi connectivity index (χ0n) is 9.75. The largest absolute Gasteiger partial charge is 0.295 e. The zero-order valence-corrected chi connectivity index (χ0v) is 10.6. The first-order valence-corrected chi connectivity index (χ1v) is 7.35. The van der Waals surface area contributed by atoms with E-state index in [4.69, 9.17) is 0 Å². The summed E-state index contributed by atoms with van der Waals surface area (Å²) < 4.78 is 21.6. The van der Waals surface area contributed by atoms with Crippen molar-refractivity contribution in [2.24, 2.45) is 0 Å². The minimum atomic E-state index is -2.93. The third kappa shape index (κ3) is 8.36. The lowest BCUT2D eigenvalue weighted by atomic mass is 10.1. The quantitative estimate of drug-likeness (QED) is 0.632. The van der Waals surface area contributed by atoms with E-state index in [2.05, 4.69) is 0 Å². The standard InChI is InChI=1S/C11H20O3S/c1-4-10(5-2)9-11(12)7-6-8-15(3,13)14/h9H,4-8H2,1-3H3. The molecule has 0 fully saturated rings. The SMILES string of the molecule is CCC(=CC(=O)CCCS(C)(=O)=O)CC. The molecular weight excluding hydrogens is 212 g/mol. The van der Waals surface area contributed by atoms with Gasteiger partial charge in [0.15, 0.2) is 5.78 Å². The van der Waals surface area contributed by atoms with E-state index in [1.807, 2.05) is 13.8 Å². The molecule has 0 saturated heterocycles. The molecule has 0 aromatic carbocycles. The normalized spacial score (nSPS) is 11.1. The summed E-state index contributed by atoms with van der Waals surface area (Å²) in [7, 11) is -2.93. The van der Waals surface area contributed by atoms with Gasteiger partial charge in [0.1, 0.15) is 9.84 Å². The highest BCUT2D eigenvalue weighted by Gasteiger charge is 2.04. The van der Waals surface area contributed by atoms with Gasteiger partial charge in [-0.1, -0.05) is 19.4 Å². The lowest BCUT2D eigenvalue weighted by Crippen LogP contribution is -2.05. The van der Waals surface area contributed by atoms with Crippen LogP contribution in [-0.2, 0) is 14.6 Å². The molecule has 0 unspecified atom stereocenters.